The summed E-state index contributed by atoms with van der Waals surface area (Å²) < 4.78 is 14.1. The second kappa shape index (κ2) is 5.17. The lowest BCUT2D eigenvalue weighted by Gasteiger charge is -2.13. The maximum absolute atomic E-state index is 13.4. The van der Waals surface area contributed by atoms with Crippen molar-refractivity contribution in [3.63, 3.8) is 0 Å². The van der Waals surface area contributed by atoms with Gasteiger partial charge in [-0.05, 0) is 53.4 Å². The number of hydrogen-bond donors (Lipinski definition) is 1. The quantitative estimate of drug-likeness (QED) is 0.889. The number of nitrogens with one attached hydrogen (secondary N) is 1. The molecular formula is C13H15BrFNO. The Morgan fingerprint density at radius 1 is 1.41 bits per heavy atom. The third-order valence-corrected chi connectivity index (χ3v) is 3.84. The van der Waals surface area contributed by atoms with Gasteiger partial charge in [0.05, 0.1) is 5.56 Å². The Bertz CT molecular complexity index is 441. The molecule has 0 aromatic heterocycles. The van der Waals surface area contributed by atoms with Crippen LogP contribution in [-0.4, -0.2) is 11.9 Å². The number of carbonyl (C=O) groups excluding carboxylic acids is 1. The minimum Gasteiger partial charge on any atom is -0.349 e. The molecule has 0 unspecified atom stereocenters. The van der Waals surface area contributed by atoms with E-state index < -0.39 is 0 Å². The molecule has 0 bridgehead atoms. The van der Waals surface area contributed by atoms with Crippen LogP contribution >= 0.6 is 15.9 Å². The van der Waals surface area contributed by atoms with Crippen LogP contribution in [0.25, 0.3) is 0 Å². The van der Waals surface area contributed by atoms with Crippen LogP contribution in [0.5, 0.6) is 0 Å². The fourth-order valence-electron chi connectivity index (χ4n) is 2.15. The molecule has 1 amide bonds. The Balaban J connectivity index is 2.15. The standard InChI is InChI=1S/C13H15BrFNO/c1-8-6-11(14)10(7-12(8)15)13(17)16-9-4-2-3-5-9/h6-7,9H,2-5H2,1H3,(H,16,17). The predicted octanol–water partition coefficient (Wildman–Crippen LogP) is 3.57. The van der Waals surface area contributed by atoms with Gasteiger partial charge in [-0.15, -0.1) is 0 Å². The first kappa shape index (κ1) is 12.6. The van der Waals surface area contributed by atoms with Crippen molar-refractivity contribution in [1.29, 1.82) is 0 Å². The number of rotatable bonds is 2. The molecule has 0 heterocycles. The third-order valence-electron chi connectivity index (χ3n) is 3.18. The predicted molar refractivity (Wildman–Crippen MR) is 68.6 cm³/mol. The van der Waals surface area contributed by atoms with Crippen molar-refractivity contribution in [3.8, 4) is 0 Å². The topological polar surface area (TPSA) is 29.1 Å². The largest absolute Gasteiger partial charge is 0.349 e. The van der Waals surface area contributed by atoms with Crippen LogP contribution in [0.1, 0.15) is 41.6 Å². The van der Waals surface area contributed by atoms with E-state index in [-0.39, 0.29) is 17.8 Å². The highest BCUT2D eigenvalue weighted by atomic mass is 79.9. The van der Waals surface area contributed by atoms with Crippen molar-refractivity contribution in [2.24, 2.45) is 0 Å². The van der Waals surface area contributed by atoms with Gasteiger partial charge in [-0.2, -0.15) is 0 Å². The first-order valence-corrected chi connectivity index (χ1v) is 6.63. The molecule has 0 aliphatic heterocycles. The van der Waals surface area contributed by atoms with Crippen LogP contribution in [-0.2, 0) is 0 Å². The molecule has 1 aliphatic rings. The number of halogens is 2. The van der Waals surface area contributed by atoms with E-state index in [9.17, 15) is 9.18 Å². The summed E-state index contributed by atoms with van der Waals surface area (Å²) in [6.07, 6.45) is 4.37. The molecule has 1 aliphatic carbocycles. The first-order chi connectivity index (χ1) is 8.08. The van der Waals surface area contributed by atoms with Crippen LogP contribution in [0.4, 0.5) is 4.39 Å². The summed E-state index contributed by atoms with van der Waals surface area (Å²) in [7, 11) is 0. The lowest BCUT2D eigenvalue weighted by molar-refractivity contribution is 0.0936. The zero-order valence-corrected chi connectivity index (χ0v) is 11.3. The van der Waals surface area contributed by atoms with Crippen molar-refractivity contribution in [3.05, 3.63) is 33.5 Å². The van der Waals surface area contributed by atoms with Gasteiger partial charge in [0.15, 0.2) is 0 Å². The van der Waals surface area contributed by atoms with E-state index in [0.717, 1.165) is 25.7 Å². The van der Waals surface area contributed by atoms with E-state index >= 15 is 0 Å². The monoisotopic (exact) mass is 299 g/mol. The smallest absolute Gasteiger partial charge is 0.252 e. The van der Waals surface area contributed by atoms with E-state index in [2.05, 4.69) is 21.2 Å². The summed E-state index contributed by atoms with van der Waals surface area (Å²) in [5.74, 6) is -0.535. The highest BCUT2D eigenvalue weighted by Gasteiger charge is 2.20. The normalized spacial score (nSPS) is 16.2. The molecule has 0 atom stereocenters. The lowest BCUT2D eigenvalue weighted by Crippen LogP contribution is -2.32. The SMILES string of the molecule is Cc1cc(Br)c(C(=O)NC2CCCC2)cc1F. The summed E-state index contributed by atoms with van der Waals surface area (Å²) in [4.78, 5) is 12.0. The van der Waals surface area contributed by atoms with Gasteiger partial charge in [0.1, 0.15) is 5.82 Å². The Morgan fingerprint density at radius 3 is 2.71 bits per heavy atom. The number of aryl methyl sites for hydroxylation is 1. The van der Waals surface area contributed by atoms with Crippen molar-refractivity contribution in [2.75, 3.05) is 0 Å². The molecule has 0 radical (unpaired) electrons. The highest BCUT2D eigenvalue weighted by Crippen LogP contribution is 2.23. The van der Waals surface area contributed by atoms with Gasteiger partial charge in [-0.3, -0.25) is 4.79 Å². The van der Waals surface area contributed by atoms with Crippen molar-refractivity contribution in [2.45, 2.75) is 38.6 Å². The molecular weight excluding hydrogens is 285 g/mol. The van der Waals surface area contributed by atoms with Gasteiger partial charge in [-0.25, -0.2) is 4.39 Å². The Kier molecular flexibility index (Phi) is 3.82. The van der Waals surface area contributed by atoms with Gasteiger partial charge in [0.25, 0.3) is 5.91 Å². The molecule has 4 heteroatoms. The molecule has 1 saturated carbocycles. The van der Waals surface area contributed by atoms with E-state index in [1.807, 2.05) is 0 Å². The number of benzene rings is 1. The average Bonchev–Trinajstić information content (AvgIpc) is 2.76. The van der Waals surface area contributed by atoms with Gasteiger partial charge in [0, 0.05) is 10.5 Å². The number of amides is 1. The van der Waals surface area contributed by atoms with Crippen molar-refractivity contribution < 1.29 is 9.18 Å². The molecule has 17 heavy (non-hydrogen) atoms. The molecule has 0 saturated heterocycles. The third kappa shape index (κ3) is 2.86. The Hall–Kier alpha value is -0.900. The highest BCUT2D eigenvalue weighted by molar-refractivity contribution is 9.10. The molecule has 1 aromatic carbocycles. The van der Waals surface area contributed by atoms with E-state index in [1.165, 1.54) is 6.07 Å². The maximum Gasteiger partial charge on any atom is 0.252 e. The molecule has 2 rings (SSSR count). The molecule has 1 aromatic rings. The van der Waals surface area contributed by atoms with E-state index in [1.54, 1.807) is 13.0 Å². The summed E-state index contributed by atoms with van der Waals surface area (Å²) >= 11 is 3.30. The number of hydrogen-bond acceptors (Lipinski definition) is 1. The summed E-state index contributed by atoms with van der Waals surface area (Å²) in [6, 6.07) is 3.18. The molecule has 2 nitrogen and oxygen atoms in total. The van der Waals surface area contributed by atoms with Crippen LogP contribution in [0, 0.1) is 12.7 Å². The van der Waals surface area contributed by atoms with Crippen LogP contribution in [0.3, 0.4) is 0 Å². The number of carbonyl (C=O) groups is 1. The van der Waals surface area contributed by atoms with Crippen molar-refractivity contribution >= 4 is 21.8 Å². The Labute approximate surface area is 109 Å². The minimum absolute atomic E-state index is 0.192. The van der Waals surface area contributed by atoms with Gasteiger partial charge < -0.3 is 5.32 Å². The second-order valence-electron chi connectivity index (χ2n) is 4.54. The summed E-state index contributed by atoms with van der Waals surface area (Å²) in [6.45, 7) is 1.68. The van der Waals surface area contributed by atoms with Gasteiger partial charge in [0.2, 0.25) is 0 Å². The summed E-state index contributed by atoms with van der Waals surface area (Å²) in [5, 5.41) is 2.95. The van der Waals surface area contributed by atoms with Crippen LogP contribution in [0.2, 0.25) is 0 Å². The van der Waals surface area contributed by atoms with Gasteiger partial charge >= 0.3 is 0 Å². The van der Waals surface area contributed by atoms with E-state index in [0.29, 0.717) is 15.6 Å². The van der Waals surface area contributed by atoms with Crippen LogP contribution < -0.4 is 5.32 Å². The molecule has 1 N–H and O–H groups in total. The lowest BCUT2D eigenvalue weighted by atomic mass is 10.1. The second-order valence-corrected chi connectivity index (χ2v) is 5.39. The molecule has 0 spiro atoms. The van der Waals surface area contributed by atoms with Gasteiger partial charge in [-0.1, -0.05) is 12.8 Å². The Morgan fingerprint density at radius 2 is 2.06 bits per heavy atom. The van der Waals surface area contributed by atoms with Crippen molar-refractivity contribution in [1.82, 2.24) is 5.32 Å². The summed E-state index contributed by atoms with van der Waals surface area (Å²) in [5.41, 5.74) is 0.911. The van der Waals surface area contributed by atoms with E-state index in [4.69, 9.17) is 0 Å². The minimum atomic E-state index is -0.343. The first-order valence-electron chi connectivity index (χ1n) is 5.84. The zero-order valence-electron chi connectivity index (χ0n) is 9.72. The average molecular weight is 300 g/mol. The molecule has 92 valence electrons. The maximum atomic E-state index is 13.4. The fraction of sp³-hybridized carbons (Fsp3) is 0.462. The zero-order chi connectivity index (χ0) is 12.4. The van der Waals surface area contributed by atoms with Crippen LogP contribution in [0.15, 0.2) is 16.6 Å². The fourth-order valence-corrected chi connectivity index (χ4v) is 2.79. The molecule has 1 fully saturated rings.